The lowest BCUT2D eigenvalue weighted by Gasteiger charge is -2.07. The summed E-state index contributed by atoms with van der Waals surface area (Å²) in [6.07, 6.45) is 2.42. The number of methoxy groups -OCH3 is 1. The first-order valence-corrected chi connectivity index (χ1v) is 6.25. The zero-order chi connectivity index (χ0) is 13.8. The highest BCUT2D eigenvalue weighted by Crippen LogP contribution is 2.20. The minimum Gasteiger partial charge on any atom is -0.496 e. The minimum atomic E-state index is -0.0656. The summed E-state index contributed by atoms with van der Waals surface area (Å²) in [6.45, 7) is 4.64. The molecule has 2 aromatic rings. The molecule has 0 aliphatic heterocycles. The van der Waals surface area contributed by atoms with Gasteiger partial charge in [0.15, 0.2) is 0 Å². The highest BCUT2D eigenvalue weighted by molar-refractivity contribution is 6.07. The van der Waals surface area contributed by atoms with E-state index in [-0.39, 0.29) is 5.78 Å². The molecule has 0 saturated heterocycles. The number of hydrogen-bond donors (Lipinski definition) is 0. The fraction of sp³-hybridized carbons (Fsp3) is 0.357. The molecule has 1 aromatic heterocycles. The van der Waals surface area contributed by atoms with Crippen LogP contribution in [0.15, 0.2) is 24.4 Å². The summed E-state index contributed by atoms with van der Waals surface area (Å²) in [5, 5.41) is 7.74. The van der Waals surface area contributed by atoms with Gasteiger partial charge in [0.25, 0.3) is 0 Å². The zero-order valence-electron chi connectivity index (χ0n) is 11.4. The molecule has 1 aromatic carbocycles. The molecule has 0 atom stereocenters. The summed E-state index contributed by atoms with van der Waals surface area (Å²) >= 11 is 0. The molecule has 0 unspecified atom stereocenters. The lowest BCUT2D eigenvalue weighted by molar-refractivity contribution is 0.102. The smallest absolute Gasteiger partial charge is 0.212 e. The molecule has 100 valence electrons. The van der Waals surface area contributed by atoms with Crippen molar-refractivity contribution in [2.75, 3.05) is 7.11 Å². The monoisotopic (exact) mass is 259 g/mol. The number of hydrogen-bond acceptors (Lipinski definition) is 4. The predicted octanol–water partition coefficient (Wildman–Crippen LogP) is 2.24. The van der Waals surface area contributed by atoms with Gasteiger partial charge in [-0.25, -0.2) is 4.68 Å². The van der Waals surface area contributed by atoms with Gasteiger partial charge in [0.1, 0.15) is 11.4 Å². The van der Waals surface area contributed by atoms with Gasteiger partial charge < -0.3 is 4.74 Å². The van der Waals surface area contributed by atoms with Crippen molar-refractivity contribution in [1.82, 2.24) is 15.0 Å². The van der Waals surface area contributed by atoms with Gasteiger partial charge in [0, 0.05) is 12.1 Å². The van der Waals surface area contributed by atoms with Gasteiger partial charge in [-0.3, -0.25) is 4.79 Å². The van der Waals surface area contributed by atoms with Crippen LogP contribution in [0.3, 0.4) is 0 Å². The van der Waals surface area contributed by atoms with Crippen LogP contribution in [-0.4, -0.2) is 27.9 Å². The zero-order valence-corrected chi connectivity index (χ0v) is 11.4. The maximum atomic E-state index is 12.4. The van der Waals surface area contributed by atoms with E-state index in [2.05, 4.69) is 10.3 Å². The Bertz CT molecular complexity index is 590. The molecule has 2 rings (SSSR count). The Morgan fingerprint density at radius 3 is 2.84 bits per heavy atom. The molecule has 1 heterocycles. The molecule has 0 fully saturated rings. The van der Waals surface area contributed by atoms with Crippen molar-refractivity contribution < 1.29 is 9.53 Å². The summed E-state index contributed by atoms with van der Waals surface area (Å²) in [7, 11) is 1.62. The topological polar surface area (TPSA) is 57.0 Å². The molecule has 0 radical (unpaired) electrons. The summed E-state index contributed by atoms with van der Waals surface area (Å²) in [5.74, 6) is 0.709. The Labute approximate surface area is 112 Å². The molecular formula is C14H17N3O2. The van der Waals surface area contributed by atoms with E-state index in [1.54, 1.807) is 23.9 Å². The lowest BCUT2D eigenvalue weighted by Crippen LogP contribution is -2.11. The third-order valence-corrected chi connectivity index (χ3v) is 2.94. The first kappa shape index (κ1) is 13.3. The van der Waals surface area contributed by atoms with Crippen LogP contribution in [0.1, 0.15) is 35.0 Å². The van der Waals surface area contributed by atoms with E-state index in [1.165, 1.54) is 6.20 Å². The minimum absolute atomic E-state index is 0.0656. The average Bonchev–Trinajstić information content (AvgIpc) is 2.86. The van der Waals surface area contributed by atoms with E-state index in [0.717, 1.165) is 17.7 Å². The number of benzene rings is 1. The van der Waals surface area contributed by atoms with E-state index in [1.807, 2.05) is 19.9 Å². The molecule has 0 N–H and O–H groups in total. The molecule has 0 saturated carbocycles. The Balaban J connectivity index is 2.33. The van der Waals surface area contributed by atoms with Crippen LogP contribution in [0, 0.1) is 6.92 Å². The van der Waals surface area contributed by atoms with E-state index < -0.39 is 0 Å². The molecule has 0 spiro atoms. The number of carbonyl (C=O) groups excluding carboxylic acids is 1. The van der Waals surface area contributed by atoms with E-state index in [9.17, 15) is 4.79 Å². The number of ketones is 1. The molecule has 19 heavy (non-hydrogen) atoms. The number of ether oxygens (including phenoxy) is 1. The summed E-state index contributed by atoms with van der Waals surface area (Å²) in [6, 6.07) is 5.39. The maximum absolute atomic E-state index is 12.4. The Kier molecular flexibility index (Phi) is 3.94. The molecule has 0 aliphatic carbocycles. The molecule has 0 aliphatic rings. The van der Waals surface area contributed by atoms with Gasteiger partial charge in [0.05, 0.1) is 13.3 Å². The molecule has 5 heteroatoms. The quantitative estimate of drug-likeness (QED) is 0.773. The van der Waals surface area contributed by atoms with E-state index in [4.69, 9.17) is 4.74 Å². The fourth-order valence-corrected chi connectivity index (χ4v) is 1.98. The van der Waals surface area contributed by atoms with Crippen LogP contribution < -0.4 is 4.74 Å². The van der Waals surface area contributed by atoms with Gasteiger partial charge in [0.2, 0.25) is 5.78 Å². The number of aromatic nitrogens is 3. The lowest BCUT2D eigenvalue weighted by atomic mass is 10.1. The second-order valence-corrected chi connectivity index (χ2v) is 4.36. The number of rotatable bonds is 5. The second-order valence-electron chi connectivity index (χ2n) is 4.36. The normalized spacial score (nSPS) is 10.5. The number of aryl methyl sites for hydroxylation is 2. The Morgan fingerprint density at radius 1 is 1.42 bits per heavy atom. The summed E-state index contributed by atoms with van der Waals surface area (Å²) in [5.41, 5.74) is 2.08. The van der Waals surface area contributed by atoms with Gasteiger partial charge in [-0.15, -0.1) is 5.10 Å². The van der Waals surface area contributed by atoms with Crippen LogP contribution in [-0.2, 0) is 6.54 Å². The van der Waals surface area contributed by atoms with Crippen molar-refractivity contribution in [3.63, 3.8) is 0 Å². The van der Waals surface area contributed by atoms with E-state index >= 15 is 0 Å². The molecular weight excluding hydrogens is 242 g/mol. The third-order valence-electron chi connectivity index (χ3n) is 2.94. The maximum Gasteiger partial charge on any atom is 0.212 e. The largest absolute Gasteiger partial charge is 0.496 e. The Morgan fingerprint density at radius 2 is 2.21 bits per heavy atom. The first-order chi connectivity index (χ1) is 9.17. The van der Waals surface area contributed by atoms with Gasteiger partial charge in [-0.2, -0.15) is 0 Å². The van der Waals surface area contributed by atoms with Gasteiger partial charge >= 0.3 is 0 Å². The molecule has 5 nitrogen and oxygen atoms in total. The van der Waals surface area contributed by atoms with Gasteiger partial charge in [-0.1, -0.05) is 12.1 Å². The number of carbonyl (C=O) groups is 1. The van der Waals surface area contributed by atoms with Crippen LogP contribution >= 0.6 is 0 Å². The molecule has 0 bridgehead atoms. The third kappa shape index (κ3) is 2.65. The van der Waals surface area contributed by atoms with Crippen molar-refractivity contribution in [3.05, 3.63) is 41.2 Å². The van der Waals surface area contributed by atoms with Crippen molar-refractivity contribution >= 4 is 5.78 Å². The van der Waals surface area contributed by atoms with Crippen LogP contribution in [0.4, 0.5) is 0 Å². The SMILES string of the molecule is CCCn1nncc1C(=O)c1ccc(OC)c(C)c1. The Hall–Kier alpha value is -2.17. The number of nitrogens with zero attached hydrogens (tertiary/aromatic N) is 3. The molecule has 0 amide bonds. The van der Waals surface area contributed by atoms with Crippen LogP contribution in [0.25, 0.3) is 0 Å². The van der Waals surface area contributed by atoms with Crippen molar-refractivity contribution in [2.24, 2.45) is 0 Å². The average molecular weight is 259 g/mol. The first-order valence-electron chi connectivity index (χ1n) is 6.25. The second kappa shape index (κ2) is 5.65. The summed E-state index contributed by atoms with van der Waals surface area (Å²) in [4.78, 5) is 12.4. The van der Waals surface area contributed by atoms with Crippen molar-refractivity contribution in [1.29, 1.82) is 0 Å². The standard InChI is InChI=1S/C14H17N3O2/c1-4-7-17-12(9-15-16-17)14(18)11-5-6-13(19-3)10(2)8-11/h5-6,8-9H,4,7H2,1-3H3. The van der Waals surface area contributed by atoms with Crippen LogP contribution in [0.5, 0.6) is 5.75 Å². The highest BCUT2D eigenvalue weighted by atomic mass is 16.5. The highest BCUT2D eigenvalue weighted by Gasteiger charge is 2.16. The predicted molar refractivity (Wildman–Crippen MR) is 71.5 cm³/mol. The van der Waals surface area contributed by atoms with Crippen molar-refractivity contribution in [2.45, 2.75) is 26.8 Å². The van der Waals surface area contributed by atoms with Gasteiger partial charge in [-0.05, 0) is 37.1 Å². The van der Waals surface area contributed by atoms with Crippen molar-refractivity contribution in [3.8, 4) is 5.75 Å². The fourth-order valence-electron chi connectivity index (χ4n) is 1.98. The summed E-state index contributed by atoms with van der Waals surface area (Å²) < 4.78 is 6.83. The van der Waals surface area contributed by atoms with Crippen LogP contribution in [0.2, 0.25) is 0 Å². The van der Waals surface area contributed by atoms with E-state index in [0.29, 0.717) is 17.8 Å².